The first-order chi connectivity index (χ1) is 8.74. The summed E-state index contributed by atoms with van der Waals surface area (Å²) in [4.78, 5) is 23.2. The van der Waals surface area contributed by atoms with E-state index in [1.165, 1.54) is 6.07 Å². The fourth-order valence-corrected chi connectivity index (χ4v) is 1.58. The van der Waals surface area contributed by atoms with Crippen LogP contribution in [0.2, 0.25) is 0 Å². The highest BCUT2D eigenvalue weighted by atomic mass is 35.5. The molecule has 5 heteroatoms. The molecule has 0 saturated carbocycles. The highest BCUT2D eigenvalue weighted by molar-refractivity contribution is 6.68. The Morgan fingerprint density at radius 1 is 1.26 bits per heavy atom. The lowest BCUT2D eigenvalue weighted by molar-refractivity contribution is 0.00695. The molecule has 0 fully saturated rings. The molecule has 0 aliphatic carbocycles. The van der Waals surface area contributed by atoms with E-state index in [-0.39, 0.29) is 11.1 Å². The fraction of sp³-hybridized carbons (Fsp3) is 0.429. The zero-order valence-corrected chi connectivity index (χ0v) is 12.2. The number of carbonyl (C=O) groups is 2. The van der Waals surface area contributed by atoms with Gasteiger partial charge < -0.3 is 9.47 Å². The van der Waals surface area contributed by atoms with Crippen molar-refractivity contribution in [1.29, 1.82) is 0 Å². The molecular weight excluding hydrogens is 268 g/mol. The number of carbonyl (C=O) groups excluding carboxylic acids is 2. The summed E-state index contributed by atoms with van der Waals surface area (Å²) in [6.45, 7) is 7.51. The van der Waals surface area contributed by atoms with E-state index in [1.54, 1.807) is 39.8 Å². The number of hydrogen-bond acceptors (Lipinski definition) is 4. The van der Waals surface area contributed by atoms with Gasteiger partial charge in [-0.25, -0.2) is 4.79 Å². The number of ether oxygens (including phenoxy) is 2. The number of benzene rings is 1. The van der Waals surface area contributed by atoms with Crippen LogP contribution < -0.4 is 4.74 Å². The zero-order valence-electron chi connectivity index (χ0n) is 11.5. The third-order valence-corrected chi connectivity index (χ3v) is 2.33. The van der Waals surface area contributed by atoms with Crippen molar-refractivity contribution in [2.75, 3.05) is 6.61 Å². The Labute approximate surface area is 117 Å². The van der Waals surface area contributed by atoms with Gasteiger partial charge in [0, 0.05) is 0 Å². The van der Waals surface area contributed by atoms with Crippen LogP contribution in [0.1, 0.15) is 48.4 Å². The molecule has 104 valence electrons. The second kappa shape index (κ2) is 6.06. The van der Waals surface area contributed by atoms with E-state index in [1.807, 2.05) is 0 Å². The molecule has 0 N–H and O–H groups in total. The summed E-state index contributed by atoms with van der Waals surface area (Å²) >= 11 is 5.48. The topological polar surface area (TPSA) is 52.6 Å². The number of rotatable bonds is 4. The van der Waals surface area contributed by atoms with Crippen molar-refractivity contribution >= 4 is 22.8 Å². The molecule has 0 saturated heterocycles. The van der Waals surface area contributed by atoms with Crippen LogP contribution in [0.25, 0.3) is 0 Å². The number of hydrogen-bond donors (Lipinski definition) is 0. The van der Waals surface area contributed by atoms with Crippen molar-refractivity contribution in [3.05, 3.63) is 29.3 Å². The summed E-state index contributed by atoms with van der Waals surface area (Å²) in [6.07, 6.45) is 0. The largest absolute Gasteiger partial charge is 0.493 e. The predicted molar refractivity (Wildman–Crippen MR) is 73.0 cm³/mol. The van der Waals surface area contributed by atoms with Crippen LogP contribution in [0.5, 0.6) is 5.75 Å². The Balaban J connectivity index is 3.08. The maximum Gasteiger partial charge on any atom is 0.338 e. The van der Waals surface area contributed by atoms with E-state index in [2.05, 4.69) is 0 Å². The first-order valence-corrected chi connectivity index (χ1v) is 6.32. The highest BCUT2D eigenvalue weighted by Gasteiger charge is 2.20. The minimum Gasteiger partial charge on any atom is -0.493 e. The molecule has 0 unspecified atom stereocenters. The lowest BCUT2D eigenvalue weighted by Crippen LogP contribution is -2.24. The van der Waals surface area contributed by atoms with Crippen molar-refractivity contribution in [2.45, 2.75) is 33.3 Å². The molecule has 19 heavy (non-hydrogen) atoms. The minimum absolute atomic E-state index is 0.159. The minimum atomic E-state index is -0.672. The van der Waals surface area contributed by atoms with Crippen LogP contribution in [0.4, 0.5) is 0 Å². The Morgan fingerprint density at radius 3 is 2.37 bits per heavy atom. The zero-order chi connectivity index (χ0) is 14.6. The Morgan fingerprint density at radius 2 is 1.89 bits per heavy atom. The van der Waals surface area contributed by atoms with Gasteiger partial charge in [0.2, 0.25) is 0 Å². The lowest BCUT2D eigenvalue weighted by atomic mass is 10.1. The van der Waals surface area contributed by atoms with E-state index in [0.29, 0.717) is 12.4 Å². The molecule has 0 aliphatic heterocycles. The second-order valence-corrected chi connectivity index (χ2v) is 5.26. The van der Waals surface area contributed by atoms with Gasteiger partial charge in [0.25, 0.3) is 5.24 Å². The van der Waals surface area contributed by atoms with Gasteiger partial charge in [-0.05, 0) is 57.5 Å². The third-order valence-electron chi connectivity index (χ3n) is 2.13. The molecule has 1 aromatic rings. The summed E-state index contributed by atoms with van der Waals surface area (Å²) in [5.74, 6) is -0.149. The molecule has 0 radical (unpaired) electrons. The van der Waals surface area contributed by atoms with Gasteiger partial charge in [0.15, 0.2) is 0 Å². The third kappa shape index (κ3) is 4.56. The van der Waals surface area contributed by atoms with Crippen LogP contribution in [0, 0.1) is 0 Å². The summed E-state index contributed by atoms with van der Waals surface area (Å²) in [5.41, 5.74) is -0.171. The first kappa shape index (κ1) is 15.5. The quantitative estimate of drug-likeness (QED) is 0.628. The summed E-state index contributed by atoms with van der Waals surface area (Å²) in [5, 5.41) is -0.672. The Kier molecular flexibility index (Phi) is 4.95. The van der Waals surface area contributed by atoms with Crippen molar-refractivity contribution in [2.24, 2.45) is 0 Å². The van der Waals surface area contributed by atoms with Gasteiger partial charge in [-0.15, -0.1) is 0 Å². The summed E-state index contributed by atoms with van der Waals surface area (Å²) < 4.78 is 10.5. The van der Waals surface area contributed by atoms with E-state index in [4.69, 9.17) is 21.1 Å². The molecule has 4 nitrogen and oxygen atoms in total. The Bertz CT molecular complexity index is 489. The average molecular weight is 285 g/mol. The molecule has 0 heterocycles. The average Bonchev–Trinajstić information content (AvgIpc) is 2.27. The maximum atomic E-state index is 11.9. The Hall–Kier alpha value is -1.55. The van der Waals surface area contributed by atoms with Crippen molar-refractivity contribution in [1.82, 2.24) is 0 Å². The molecule has 0 bridgehead atoms. The van der Waals surface area contributed by atoms with Gasteiger partial charge in [-0.3, -0.25) is 4.79 Å². The monoisotopic (exact) mass is 284 g/mol. The second-order valence-electron chi connectivity index (χ2n) is 4.92. The smallest absolute Gasteiger partial charge is 0.338 e. The lowest BCUT2D eigenvalue weighted by Gasteiger charge is -2.19. The first-order valence-electron chi connectivity index (χ1n) is 5.94. The number of halogens is 1. The van der Waals surface area contributed by atoms with Crippen LogP contribution in [-0.4, -0.2) is 23.4 Å². The molecule has 0 spiro atoms. The van der Waals surface area contributed by atoms with E-state index in [9.17, 15) is 9.59 Å². The van der Waals surface area contributed by atoms with Crippen LogP contribution >= 0.6 is 11.6 Å². The van der Waals surface area contributed by atoms with Crippen LogP contribution in [0.3, 0.4) is 0 Å². The van der Waals surface area contributed by atoms with Crippen LogP contribution in [0.15, 0.2) is 18.2 Å². The van der Waals surface area contributed by atoms with Gasteiger partial charge in [-0.1, -0.05) is 0 Å². The summed E-state index contributed by atoms with van der Waals surface area (Å²) in [7, 11) is 0. The highest BCUT2D eigenvalue weighted by Crippen LogP contribution is 2.23. The molecule has 1 aromatic carbocycles. The van der Waals surface area contributed by atoms with E-state index < -0.39 is 16.8 Å². The summed E-state index contributed by atoms with van der Waals surface area (Å²) in [6, 6.07) is 4.47. The molecular formula is C14H17ClO4. The molecule has 0 amide bonds. The maximum absolute atomic E-state index is 11.9. The molecule has 0 aromatic heterocycles. The van der Waals surface area contributed by atoms with E-state index >= 15 is 0 Å². The number of esters is 1. The molecule has 0 atom stereocenters. The van der Waals surface area contributed by atoms with Gasteiger partial charge in [0.1, 0.15) is 11.4 Å². The van der Waals surface area contributed by atoms with Crippen LogP contribution in [-0.2, 0) is 4.74 Å². The van der Waals surface area contributed by atoms with Crippen molar-refractivity contribution < 1.29 is 19.1 Å². The standard InChI is InChI=1S/C14H17ClO4/c1-5-18-11-7-6-9(8-10(11)12(15)16)13(17)19-14(2,3)4/h6-8H,5H2,1-4H3. The van der Waals surface area contributed by atoms with Crippen molar-refractivity contribution in [3.8, 4) is 5.75 Å². The van der Waals surface area contributed by atoms with Gasteiger partial charge >= 0.3 is 5.97 Å². The van der Waals surface area contributed by atoms with E-state index in [0.717, 1.165) is 0 Å². The fourth-order valence-electron chi connectivity index (χ4n) is 1.43. The molecule has 0 aliphatic rings. The predicted octanol–water partition coefficient (Wildman–Crippen LogP) is 3.42. The van der Waals surface area contributed by atoms with Gasteiger partial charge in [-0.2, -0.15) is 0 Å². The molecule has 1 rings (SSSR count). The normalized spacial score (nSPS) is 11.0. The van der Waals surface area contributed by atoms with Crippen molar-refractivity contribution in [3.63, 3.8) is 0 Å². The van der Waals surface area contributed by atoms with Gasteiger partial charge in [0.05, 0.1) is 17.7 Å². The SMILES string of the molecule is CCOc1ccc(C(=O)OC(C)(C)C)cc1C(=O)Cl.